The maximum Gasteiger partial charge on any atom is 0.416 e. The summed E-state index contributed by atoms with van der Waals surface area (Å²) >= 11 is 6.31. The lowest BCUT2D eigenvalue weighted by atomic mass is 10.0. The number of hydrogen-bond acceptors (Lipinski definition) is 6. The van der Waals surface area contributed by atoms with E-state index in [9.17, 15) is 22.4 Å². The molecule has 0 spiro atoms. The van der Waals surface area contributed by atoms with Crippen molar-refractivity contribution in [1.82, 2.24) is 20.3 Å². The summed E-state index contributed by atoms with van der Waals surface area (Å²) in [6.07, 6.45) is -0.564. The molecule has 0 aliphatic heterocycles. The number of nitrogens with one attached hydrogen (secondary N) is 1. The van der Waals surface area contributed by atoms with E-state index in [4.69, 9.17) is 17.3 Å². The van der Waals surface area contributed by atoms with Crippen molar-refractivity contribution in [2.75, 3.05) is 25.0 Å². The molecule has 3 aromatic rings. The molecule has 0 radical (unpaired) electrons. The topological polar surface area (TPSA) is 97.0 Å². The number of amides is 1. The van der Waals surface area contributed by atoms with E-state index in [0.29, 0.717) is 24.0 Å². The number of nitrogens with two attached hydrogens (primary N) is 1. The minimum absolute atomic E-state index is 0.00850. The molecule has 1 amide bonds. The zero-order chi connectivity index (χ0) is 26.0. The minimum Gasteiger partial charge on any atom is -0.368 e. The van der Waals surface area contributed by atoms with Gasteiger partial charge >= 0.3 is 6.18 Å². The fourth-order valence-electron chi connectivity index (χ4n) is 3.57. The molecule has 3 N–H and O–H groups in total. The van der Waals surface area contributed by atoms with E-state index in [1.807, 2.05) is 6.92 Å². The molecule has 35 heavy (non-hydrogen) atoms. The molecule has 7 nitrogen and oxygen atoms in total. The molecule has 186 valence electrons. The number of anilines is 1. The average Bonchev–Trinajstić information content (AvgIpc) is 2.78. The van der Waals surface area contributed by atoms with Crippen molar-refractivity contribution in [1.29, 1.82) is 0 Å². The lowest BCUT2D eigenvalue weighted by molar-refractivity contribution is -0.137. The summed E-state index contributed by atoms with van der Waals surface area (Å²) in [6, 6.07) is 3.71. The van der Waals surface area contributed by atoms with Crippen LogP contribution in [0.1, 0.15) is 19.4 Å². The van der Waals surface area contributed by atoms with Gasteiger partial charge in [-0.25, -0.2) is 14.4 Å². The summed E-state index contributed by atoms with van der Waals surface area (Å²) in [5.74, 6) is -1.38. The number of aromatic nitrogens is 3. The number of pyridine rings is 1. The summed E-state index contributed by atoms with van der Waals surface area (Å²) in [5, 5.41) is 3.23. The van der Waals surface area contributed by atoms with Gasteiger partial charge < -0.3 is 16.0 Å². The van der Waals surface area contributed by atoms with Crippen LogP contribution in [0.2, 0.25) is 5.02 Å². The van der Waals surface area contributed by atoms with Gasteiger partial charge in [-0.3, -0.25) is 9.78 Å². The van der Waals surface area contributed by atoms with E-state index in [0.717, 1.165) is 12.1 Å². The van der Waals surface area contributed by atoms with Gasteiger partial charge in [0.1, 0.15) is 22.9 Å². The molecule has 1 aromatic carbocycles. The van der Waals surface area contributed by atoms with E-state index >= 15 is 0 Å². The van der Waals surface area contributed by atoms with Crippen LogP contribution in [-0.2, 0) is 11.0 Å². The fraction of sp³-hybridized carbons (Fsp3) is 0.304. The second-order valence-corrected chi connectivity index (χ2v) is 8.46. The van der Waals surface area contributed by atoms with Crippen LogP contribution in [0.15, 0.2) is 42.9 Å². The number of primary amides is 1. The minimum atomic E-state index is -4.70. The third kappa shape index (κ3) is 5.68. The highest BCUT2D eigenvalue weighted by Crippen LogP contribution is 2.37. The molecule has 0 saturated heterocycles. The zero-order valence-corrected chi connectivity index (χ0v) is 19.9. The van der Waals surface area contributed by atoms with Crippen LogP contribution >= 0.6 is 11.6 Å². The summed E-state index contributed by atoms with van der Waals surface area (Å²) in [6.45, 7) is 4.10. The van der Waals surface area contributed by atoms with Crippen molar-refractivity contribution < 1.29 is 22.4 Å². The number of likely N-dealkylation sites (N-methyl/N-ethyl adjacent to an activating group) is 2. The number of hydrogen-bond donors (Lipinski definition) is 2. The highest BCUT2D eigenvalue weighted by molar-refractivity contribution is 6.33. The van der Waals surface area contributed by atoms with Crippen LogP contribution in [-0.4, -0.2) is 46.5 Å². The molecule has 2 aromatic heterocycles. The van der Waals surface area contributed by atoms with Crippen molar-refractivity contribution in [2.45, 2.75) is 25.6 Å². The first-order valence-electron chi connectivity index (χ1n) is 10.5. The van der Waals surface area contributed by atoms with Crippen molar-refractivity contribution >= 4 is 23.3 Å². The molecule has 0 aliphatic rings. The molecule has 2 heterocycles. The summed E-state index contributed by atoms with van der Waals surface area (Å²) < 4.78 is 53.9. The molecular formula is C23H23ClF4N6O. The van der Waals surface area contributed by atoms with Crippen LogP contribution in [0.5, 0.6) is 0 Å². The van der Waals surface area contributed by atoms with Crippen LogP contribution in [0.4, 0.5) is 23.4 Å². The molecule has 1 atom stereocenters. The van der Waals surface area contributed by atoms with E-state index in [1.54, 1.807) is 18.9 Å². The van der Waals surface area contributed by atoms with Gasteiger partial charge in [0, 0.05) is 37.1 Å². The quantitative estimate of drug-likeness (QED) is 0.438. The number of alkyl halides is 3. The normalized spacial score (nSPS) is 13.4. The Morgan fingerprint density at radius 2 is 1.89 bits per heavy atom. The first-order valence-corrected chi connectivity index (χ1v) is 10.8. The number of halogens is 5. The van der Waals surface area contributed by atoms with Gasteiger partial charge in [-0.15, -0.1) is 0 Å². The van der Waals surface area contributed by atoms with Crippen molar-refractivity contribution in [2.24, 2.45) is 5.73 Å². The number of nitrogens with zero attached hydrogens (tertiary/aromatic N) is 4. The largest absolute Gasteiger partial charge is 0.416 e. The number of benzene rings is 1. The Balaban J connectivity index is 2.14. The predicted octanol–water partition coefficient (Wildman–Crippen LogP) is 4.31. The van der Waals surface area contributed by atoms with E-state index in [-0.39, 0.29) is 28.5 Å². The molecule has 1 unspecified atom stereocenters. The van der Waals surface area contributed by atoms with Crippen LogP contribution in [0, 0.1) is 5.82 Å². The molecule has 12 heteroatoms. The van der Waals surface area contributed by atoms with Gasteiger partial charge in [-0.05, 0) is 37.7 Å². The second-order valence-electron chi connectivity index (χ2n) is 8.06. The van der Waals surface area contributed by atoms with Gasteiger partial charge in [0.15, 0.2) is 0 Å². The van der Waals surface area contributed by atoms with Gasteiger partial charge in [0.2, 0.25) is 5.91 Å². The van der Waals surface area contributed by atoms with Gasteiger partial charge in [-0.1, -0.05) is 18.5 Å². The van der Waals surface area contributed by atoms with E-state index < -0.39 is 29.0 Å². The van der Waals surface area contributed by atoms with Gasteiger partial charge in [0.25, 0.3) is 0 Å². The van der Waals surface area contributed by atoms with Crippen LogP contribution in [0.25, 0.3) is 22.5 Å². The number of rotatable bonds is 8. The summed E-state index contributed by atoms with van der Waals surface area (Å²) in [7, 11) is 1.67. The Morgan fingerprint density at radius 1 is 1.17 bits per heavy atom. The smallest absolute Gasteiger partial charge is 0.368 e. The fourth-order valence-corrected chi connectivity index (χ4v) is 3.77. The standard InChI is InChI=1S/C23H23ClF4N6O/c1-4-32-22(2,21(29)35)12-34(3)18-11-31-19(20(33-18)14-7-8-30-10-16(14)24)15-6-5-13(9-17(15)25)23(26,27)28/h5-11,32H,4,12H2,1-3H3,(H2,29,35). The Hall–Kier alpha value is -3.31. The Kier molecular flexibility index (Phi) is 7.61. The second kappa shape index (κ2) is 10.1. The lowest BCUT2D eigenvalue weighted by Gasteiger charge is -2.32. The third-order valence-corrected chi connectivity index (χ3v) is 5.70. The van der Waals surface area contributed by atoms with Gasteiger partial charge in [-0.2, -0.15) is 13.2 Å². The molecule has 3 rings (SSSR count). The van der Waals surface area contributed by atoms with Crippen LogP contribution < -0.4 is 16.0 Å². The highest BCUT2D eigenvalue weighted by Gasteiger charge is 2.33. The average molecular weight is 511 g/mol. The lowest BCUT2D eigenvalue weighted by Crippen LogP contribution is -2.59. The first kappa shape index (κ1) is 26.3. The molecule has 0 bridgehead atoms. The first-order chi connectivity index (χ1) is 16.4. The van der Waals surface area contributed by atoms with E-state index in [2.05, 4.69) is 20.3 Å². The number of carbonyl (C=O) groups is 1. The van der Waals surface area contributed by atoms with Crippen molar-refractivity contribution in [3.8, 4) is 22.5 Å². The Bertz CT molecular complexity index is 1240. The predicted molar refractivity (Wildman–Crippen MR) is 125 cm³/mol. The van der Waals surface area contributed by atoms with E-state index in [1.165, 1.54) is 24.7 Å². The SMILES string of the molecule is CCNC(C)(CN(C)c1cnc(-c2ccc(C(F)(F)F)cc2F)c(-c2ccncc2Cl)n1)C(N)=O. The van der Waals surface area contributed by atoms with Crippen molar-refractivity contribution in [3.63, 3.8) is 0 Å². The summed E-state index contributed by atoms with van der Waals surface area (Å²) in [5.41, 5.74) is 3.65. The maximum absolute atomic E-state index is 14.8. The van der Waals surface area contributed by atoms with Crippen molar-refractivity contribution in [3.05, 3.63) is 59.3 Å². The van der Waals surface area contributed by atoms with Gasteiger partial charge in [0.05, 0.1) is 22.5 Å². The van der Waals surface area contributed by atoms with Crippen LogP contribution in [0.3, 0.4) is 0 Å². The molecule has 0 fully saturated rings. The molecule has 0 saturated carbocycles. The molecular weight excluding hydrogens is 488 g/mol. The Labute approximate surface area is 204 Å². The number of carbonyl (C=O) groups excluding carboxylic acids is 1. The Morgan fingerprint density at radius 3 is 2.46 bits per heavy atom. The summed E-state index contributed by atoms with van der Waals surface area (Å²) in [4.78, 5) is 26.5. The third-order valence-electron chi connectivity index (χ3n) is 5.39. The molecule has 0 aliphatic carbocycles. The zero-order valence-electron chi connectivity index (χ0n) is 19.1. The monoisotopic (exact) mass is 510 g/mol. The highest BCUT2D eigenvalue weighted by atomic mass is 35.5. The maximum atomic E-state index is 14.8.